The van der Waals surface area contributed by atoms with Crippen LogP contribution in [0.1, 0.15) is 71.0 Å². The molecule has 188 valence electrons. The third kappa shape index (κ3) is 4.82. The quantitative estimate of drug-likeness (QED) is 0.472. The highest BCUT2D eigenvalue weighted by atomic mass is 16.2. The summed E-state index contributed by atoms with van der Waals surface area (Å²) in [7, 11) is 0. The molecule has 1 N–H and O–H groups in total. The molecule has 3 heterocycles. The second-order valence-corrected chi connectivity index (χ2v) is 10.1. The third-order valence-electron chi connectivity index (χ3n) is 7.64. The molecular weight excluding hydrogens is 456 g/mol. The van der Waals surface area contributed by atoms with Gasteiger partial charge in [-0.05, 0) is 68.5 Å². The molecule has 1 aromatic carbocycles. The zero-order valence-corrected chi connectivity index (χ0v) is 20.7. The lowest BCUT2D eigenvalue weighted by Crippen LogP contribution is -2.47. The molecule has 1 saturated heterocycles. The Kier molecular flexibility index (Phi) is 6.96. The summed E-state index contributed by atoms with van der Waals surface area (Å²) in [6.45, 7) is 5.73. The number of fused-ring (bicyclic) bond motifs is 1. The van der Waals surface area contributed by atoms with Crippen molar-refractivity contribution in [3.8, 4) is 0 Å². The molecule has 1 unspecified atom stereocenters. The van der Waals surface area contributed by atoms with Crippen molar-refractivity contribution in [2.45, 2.75) is 58.0 Å². The van der Waals surface area contributed by atoms with Crippen molar-refractivity contribution in [3.63, 3.8) is 0 Å². The number of carbonyl (C=O) groups excluding carboxylic acids is 4. The summed E-state index contributed by atoms with van der Waals surface area (Å²) in [5.41, 5.74) is 3.65. The number of piperidine rings is 1. The molecular formula is C28H32N4O4. The molecule has 1 saturated carbocycles. The van der Waals surface area contributed by atoms with Gasteiger partial charge in [0.25, 0.3) is 11.8 Å². The number of Topliss-reactive ketones (excluding diaryl/α,β-unsaturated/α-hetero) is 2. The second-order valence-electron chi connectivity index (χ2n) is 10.1. The highest BCUT2D eigenvalue weighted by Gasteiger charge is 2.45. The van der Waals surface area contributed by atoms with Gasteiger partial charge in [-0.3, -0.25) is 34.0 Å². The normalized spacial score (nSPS) is 21.2. The number of nitrogens with zero attached hydrogens (tertiary/aromatic N) is 3. The molecule has 3 aliphatic rings. The maximum atomic E-state index is 13.3. The van der Waals surface area contributed by atoms with E-state index < -0.39 is 17.9 Å². The van der Waals surface area contributed by atoms with Gasteiger partial charge in [0.15, 0.2) is 5.78 Å². The van der Waals surface area contributed by atoms with Crippen LogP contribution < -0.4 is 5.32 Å². The number of carbonyl (C=O) groups is 4. The highest BCUT2D eigenvalue weighted by Crippen LogP contribution is 2.33. The Morgan fingerprint density at radius 2 is 1.81 bits per heavy atom. The SMILES string of the molecule is CCc1ccc(CN2CCC(CNc3cccc4c3C(=O)N(C3CCC(=O)CC3=O)C4=O)CC2)cn1. The fourth-order valence-electron chi connectivity index (χ4n) is 5.49. The van der Waals surface area contributed by atoms with Gasteiger partial charge in [0.05, 0.1) is 23.6 Å². The molecule has 2 aromatic rings. The molecule has 0 spiro atoms. The minimum absolute atomic E-state index is 0.132. The molecule has 0 bridgehead atoms. The van der Waals surface area contributed by atoms with E-state index in [1.165, 1.54) is 5.56 Å². The number of aromatic nitrogens is 1. The molecule has 8 nitrogen and oxygen atoms in total. The molecule has 1 aliphatic carbocycles. The molecule has 2 fully saturated rings. The Morgan fingerprint density at radius 1 is 1.00 bits per heavy atom. The summed E-state index contributed by atoms with van der Waals surface area (Å²) >= 11 is 0. The van der Waals surface area contributed by atoms with Crippen LogP contribution in [0, 0.1) is 5.92 Å². The number of amides is 2. The lowest BCUT2D eigenvalue weighted by atomic mass is 9.92. The van der Waals surface area contributed by atoms with Crippen LogP contribution in [0.15, 0.2) is 36.5 Å². The van der Waals surface area contributed by atoms with E-state index >= 15 is 0 Å². The van der Waals surface area contributed by atoms with Crippen LogP contribution in [0.4, 0.5) is 5.69 Å². The smallest absolute Gasteiger partial charge is 0.264 e. The van der Waals surface area contributed by atoms with Gasteiger partial charge in [0.1, 0.15) is 5.78 Å². The molecule has 2 amide bonds. The summed E-state index contributed by atoms with van der Waals surface area (Å²) < 4.78 is 0. The Balaban J connectivity index is 1.18. The van der Waals surface area contributed by atoms with Crippen molar-refractivity contribution in [1.29, 1.82) is 0 Å². The number of ketones is 2. The summed E-state index contributed by atoms with van der Waals surface area (Å²) in [6.07, 6.45) is 5.24. The first-order valence-corrected chi connectivity index (χ1v) is 12.9. The molecule has 1 aromatic heterocycles. The van der Waals surface area contributed by atoms with E-state index in [1.54, 1.807) is 12.1 Å². The summed E-state index contributed by atoms with van der Waals surface area (Å²) in [5.74, 6) is -0.900. The Hall–Kier alpha value is -3.39. The van der Waals surface area contributed by atoms with E-state index in [0.29, 0.717) is 22.7 Å². The van der Waals surface area contributed by atoms with Gasteiger partial charge in [-0.25, -0.2) is 0 Å². The molecule has 5 rings (SSSR count). The number of nitrogens with one attached hydrogen (secondary N) is 1. The average molecular weight is 489 g/mol. The monoisotopic (exact) mass is 488 g/mol. The van der Waals surface area contributed by atoms with Crippen LogP contribution >= 0.6 is 0 Å². The molecule has 0 radical (unpaired) electrons. The van der Waals surface area contributed by atoms with Crippen LogP contribution in [-0.2, 0) is 22.6 Å². The lowest BCUT2D eigenvalue weighted by molar-refractivity contribution is -0.132. The van der Waals surface area contributed by atoms with Gasteiger partial charge in [0.2, 0.25) is 0 Å². The van der Waals surface area contributed by atoms with E-state index in [-0.39, 0.29) is 30.8 Å². The van der Waals surface area contributed by atoms with E-state index in [2.05, 4.69) is 34.3 Å². The number of benzene rings is 1. The predicted octanol–water partition coefficient (Wildman–Crippen LogP) is 3.25. The van der Waals surface area contributed by atoms with Crippen molar-refractivity contribution >= 4 is 29.1 Å². The van der Waals surface area contributed by atoms with Crippen LogP contribution in [0.5, 0.6) is 0 Å². The standard InChI is InChI=1S/C28H32N4O4/c1-2-20-7-6-19(16-29-20)17-31-12-10-18(11-13-31)15-30-23-5-3-4-22-26(23)28(36)32(27(22)35)24-9-8-21(33)14-25(24)34/h3-7,16,18,24,30H,2,8-15,17H2,1H3. The fourth-order valence-corrected chi connectivity index (χ4v) is 5.49. The number of rotatable bonds is 7. The van der Waals surface area contributed by atoms with Crippen molar-refractivity contribution in [3.05, 3.63) is 58.9 Å². The maximum absolute atomic E-state index is 13.3. The first kappa shape index (κ1) is 24.3. The van der Waals surface area contributed by atoms with Gasteiger partial charge >= 0.3 is 0 Å². The number of hydrogen-bond donors (Lipinski definition) is 1. The average Bonchev–Trinajstić information content (AvgIpc) is 3.14. The summed E-state index contributed by atoms with van der Waals surface area (Å²) in [6, 6.07) is 8.64. The number of hydrogen-bond acceptors (Lipinski definition) is 7. The van der Waals surface area contributed by atoms with Crippen molar-refractivity contribution < 1.29 is 19.2 Å². The third-order valence-corrected chi connectivity index (χ3v) is 7.64. The maximum Gasteiger partial charge on any atom is 0.264 e. The Labute approximate surface area is 211 Å². The van der Waals surface area contributed by atoms with Crippen molar-refractivity contribution in [1.82, 2.24) is 14.8 Å². The van der Waals surface area contributed by atoms with Crippen LogP contribution in [-0.4, -0.2) is 63.8 Å². The zero-order valence-electron chi connectivity index (χ0n) is 20.7. The van der Waals surface area contributed by atoms with E-state index in [9.17, 15) is 19.2 Å². The van der Waals surface area contributed by atoms with Crippen LogP contribution in [0.2, 0.25) is 0 Å². The van der Waals surface area contributed by atoms with E-state index in [1.807, 2.05) is 12.3 Å². The van der Waals surface area contributed by atoms with Crippen molar-refractivity contribution in [2.24, 2.45) is 5.92 Å². The topological polar surface area (TPSA) is 99.7 Å². The first-order chi connectivity index (χ1) is 17.4. The van der Waals surface area contributed by atoms with Gasteiger partial charge in [0, 0.05) is 37.1 Å². The van der Waals surface area contributed by atoms with E-state index in [4.69, 9.17) is 0 Å². The molecule has 2 aliphatic heterocycles. The van der Waals surface area contributed by atoms with Gasteiger partial charge in [-0.2, -0.15) is 0 Å². The van der Waals surface area contributed by atoms with Gasteiger partial charge < -0.3 is 5.32 Å². The molecule has 36 heavy (non-hydrogen) atoms. The molecule has 1 atom stereocenters. The first-order valence-electron chi connectivity index (χ1n) is 12.9. The van der Waals surface area contributed by atoms with Crippen LogP contribution in [0.3, 0.4) is 0 Å². The predicted molar refractivity (Wildman–Crippen MR) is 135 cm³/mol. The lowest BCUT2D eigenvalue weighted by Gasteiger charge is -2.32. The minimum atomic E-state index is -0.847. The number of imide groups is 1. The Morgan fingerprint density at radius 3 is 2.50 bits per heavy atom. The highest BCUT2D eigenvalue weighted by molar-refractivity contribution is 6.25. The number of pyridine rings is 1. The van der Waals surface area contributed by atoms with E-state index in [0.717, 1.165) is 56.0 Å². The molecule has 8 heteroatoms. The van der Waals surface area contributed by atoms with Crippen LogP contribution in [0.25, 0.3) is 0 Å². The Bertz CT molecular complexity index is 1180. The minimum Gasteiger partial charge on any atom is -0.384 e. The van der Waals surface area contributed by atoms with Gasteiger partial charge in [-0.1, -0.05) is 19.1 Å². The zero-order chi connectivity index (χ0) is 25.2. The number of likely N-dealkylation sites (tertiary alicyclic amines) is 1. The second kappa shape index (κ2) is 10.3. The van der Waals surface area contributed by atoms with Gasteiger partial charge in [-0.15, -0.1) is 0 Å². The fraction of sp³-hybridized carbons (Fsp3) is 0.464. The van der Waals surface area contributed by atoms with Crippen molar-refractivity contribution in [2.75, 3.05) is 25.0 Å². The summed E-state index contributed by atoms with van der Waals surface area (Å²) in [4.78, 5) is 58.4. The largest absolute Gasteiger partial charge is 0.384 e. The summed E-state index contributed by atoms with van der Waals surface area (Å²) in [5, 5.41) is 3.42. The number of aryl methyl sites for hydroxylation is 1. The number of anilines is 1.